The van der Waals surface area contributed by atoms with Gasteiger partial charge in [-0.1, -0.05) is 12.1 Å². The van der Waals surface area contributed by atoms with Crippen LogP contribution >= 0.6 is 0 Å². The van der Waals surface area contributed by atoms with Gasteiger partial charge in [-0.25, -0.2) is 0 Å². The van der Waals surface area contributed by atoms with Gasteiger partial charge in [-0.15, -0.1) is 0 Å². The monoisotopic (exact) mass is 237 g/mol. The molecule has 0 saturated heterocycles. The Hall–Kier alpha value is -1.95. The van der Waals surface area contributed by atoms with Crippen molar-refractivity contribution in [2.24, 2.45) is 5.73 Å². The van der Waals surface area contributed by atoms with E-state index in [-0.39, 0.29) is 5.69 Å². The number of carbonyl (C=O) groups is 1. The van der Waals surface area contributed by atoms with Gasteiger partial charge in [0.15, 0.2) is 0 Å². The Kier molecular flexibility index (Phi) is 3.80. The fourth-order valence-electron chi connectivity index (χ4n) is 1.19. The van der Waals surface area contributed by atoms with E-state index in [9.17, 15) is 14.9 Å². The molecular weight excluding hydrogens is 222 g/mol. The van der Waals surface area contributed by atoms with Gasteiger partial charge in [0.1, 0.15) is 0 Å². The third kappa shape index (κ3) is 3.53. The number of nitro benzene ring substituents is 1. The van der Waals surface area contributed by atoms with Crippen molar-refractivity contribution >= 4 is 11.6 Å². The molecule has 0 bridgehead atoms. The lowest BCUT2D eigenvalue weighted by Gasteiger charge is -2.22. The predicted octanol–water partition coefficient (Wildman–Crippen LogP) is 0.948. The van der Waals surface area contributed by atoms with Crippen molar-refractivity contribution in [3.63, 3.8) is 0 Å². The molecule has 17 heavy (non-hydrogen) atoms. The van der Waals surface area contributed by atoms with Gasteiger partial charge >= 0.3 is 0 Å². The minimum absolute atomic E-state index is 0.0289. The van der Waals surface area contributed by atoms with E-state index in [1.807, 2.05) is 0 Å². The highest BCUT2D eigenvalue weighted by Crippen LogP contribution is 2.13. The molecule has 0 unspecified atom stereocenters. The number of nitrogens with one attached hydrogen (secondary N) is 1. The Morgan fingerprint density at radius 3 is 2.71 bits per heavy atom. The van der Waals surface area contributed by atoms with Crippen LogP contribution in [0.15, 0.2) is 24.3 Å². The van der Waals surface area contributed by atoms with Gasteiger partial charge in [0, 0.05) is 18.7 Å². The minimum Gasteiger partial charge on any atom is -0.368 e. The average molecular weight is 237 g/mol. The lowest BCUT2D eigenvalue weighted by atomic mass is 10.0. The quantitative estimate of drug-likeness (QED) is 0.588. The van der Waals surface area contributed by atoms with Crippen LogP contribution in [-0.2, 0) is 11.3 Å². The summed E-state index contributed by atoms with van der Waals surface area (Å²) in [6.07, 6.45) is 0. The number of rotatable bonds is 5. The maximum atomic E-state index is 11.1. The van der Waals surface area contributed by atoms with Crippen molar-refractivity contribution in [2.75, 3.05) is 0 Å². The number of carbonyl (C=O) groups excluding carboxylic acids is 1. The molecule has 0 fully saturated rings. The predicted molar refractivity (Wildman–Crippen MR) is 63.2 cm³/mol. The van der Waals surface area contributed by atoms with Gasteiger partial charge in [-0.05, 0) is 19.4 Å². The van der Waals surface area contributed by atoms with Gasteiger partial charge in [-0.3, -0.25) is 20.2 Å². The molecule has 1 aromatic carbocycles. The van der Waals surface area contributed by atoms with Crippen LogP contribution < -0.4 is 11.1 Å². The van der Waals surface area contributed by atoms with Gasteiger partial charge < -0.3 is 5.73 Å². The first-order chi connectivity index (χ1) is 7.83. The lowest BCUT2D eigenvalue weighted by molar-refractivity contribution is -0.384. The molecule has 6 nitrogen and oxygen atoms in total. The van der Waals surface area contributed by atoms with E-state index in [1.54, 1.807) is 26.0 Å². The number of hydrogen-bond donors (Lipinski definition) is 2. The molecule has 0 aromatic heterocycles. The van der Waals surface area contributed by atoms with Crippen molar-refractivity contribution in [3.8, 4) is 0 Å². The van der Waals surface area contributed by atoms with E-state index >= 15 is 0 Å². The molecule has 0 aliphatic rings. The lowest BCUT2D eigenvalue weighted by Crippen LogP contribution is -2.50. The highest BCUT2D eigenvalue weighted by molar-refractivity contribution is 5.83. The van der Waals surface area contributed by atoms with E-state index < -0.39 is 16.4 Å². The number of nitrogens with zero attached hydrogens (tertiary/aromatic N) is 1. The summed E-state index contributed by atoms with van der Waals surface area (Å²) >= 11 is 0. The van der Waals surface area contributed by atoms with Crippen LogP contribution in [0, 0.1) is 10.1 Å². The molecule has 0 radical (unpaired) electrons. The molecule has 0 aliphatic heterocycles. The summed E-state index contributed by atoms with van der Waals surface area (Å²) in [6, 6.07) is 6.23. The molecule has 1 rings (SSSR count). The summed E-state index contributed by atoms with van der Waals surface area (Å²) < 4.78 is 0. The normalized spacial score (nSPS) is 11.2. The number of non-ortho nitro benzene ring substituents is 1. The highest BCUT2D eigenvalue weighted by atomic mass is 16.6. The largest absolute Gasteiger partial charge is 0.368 e. The van der Waals surface area contributed by atoms with Crippen LogP contribution in [0.1, 0.15) is 19.4 Å². The molecular formula is C11H15N3O3. The molecule has 3 N–H and O–H groups in total. The maximum absolute atomic E-state index is 11.1. The zero-order valence-corrected chi connectivity index (χ0v) is 9.77. The van der Waals surface area contributed by atoms with Crippen LogP contribution in [0.2, 0.25) is 0 Å². The van der Waals surface area contributed by atoms with Crippen LogP contribution in [0.4, 0.5) is 5.69 Å². The molecule has 0 atom stereocenters. The first-order valence-corrected chi connectivity index (χ1v) is 5.11. The number of nitro groups is 1. The molecule has 1 aromatic rings. The summed E-state index contributed by atoms with van der Waals surface area (Å²) in [5, 5.41) is 13.5. The Bertz CT molecular complexity index is 443. The van der Waals surface area contributed by atoms with E-state index in [0.29, 0.717) is 6.54 Å². The fraction of sp³-hybridized carbons (Fsp3) is 0.364. The smallest absolute Gasteiger partial charge is 0.269 e. The minimum atomic E-state index is -0.843. The third-order valence-electron chi connectivity index (χ3n) is 2.47. The van der Waals surface area contributed by atoms with Gasteiger partial charge in [0.25, 0.3) is 5.69 Å². The third-order valence-corrected chi connectivity index (χ3v) is 2.47. The molecule has 1 amide bonds. The number of benzene rings is 1. The first-order valence-electron chi connectivity index (χ1n) is 5.11. The second kappa shape index (κ2) is 4.92. The molecule has 0 spiro atoms. The zero-order chi connectivity index (χ0) is 13.1. The molecule has 92 valence electrons. The Morgan fingerprint density at radius 1 is 1.53 bits per heavy atom. The van der Waals surface area contributed by atoms with Gasteiger partial charge in [0.2, 0.25) is 5.91 Å². The van der Waals surface area contributed by atoms with E-state index in [0.717, 1.165) is 5.56 Å². The number of primary amides is 1. The Labute approximate surface area is 99.0 Å². The van der Waals surface area contributed by atoms with Crippen molar-refractivity contribution < 1.29 is 9.72 Å². The van der Waals surface area contributed by atoms with Crippen LogP contribution in [0.5, 0.6) is 0 Å². The second-order valence-corrected chi connectivity index (χ2v) is 4.27. The van der Waals surface area contributed by atoms with Gasteiger partial charge in [0.05, 0.1) is 10.5 Å². The summed E-state index contributed by atoms with van der Waals surface area (Å²) in [5.74, 6) is -0.470. The van der Waals surface area contributed by atoms with Crippen LogP contribution in [0.25, 0.3) is 0 Å². The van der Waals surface area contributed by atoms with Gasteiger partial charge in [-0.2, -0.15) is 0 Å². The standard InChI is InChI=1S/C11H15N3O3/c1-11(2,10(12)15)13-7-8-4-3-5-9(6-8)14(16)17/h3-6,13H,7H2,1-2H3,(H2,12,15). The zero-order valence-electron chi connectivity index (χ0n) is 9.77. The molecule has 6 heteroatoms. The molecule has 0 aliphatic carbocycles. The second-order valence-electron chi connectivity index (χ2n) is 4.27. The average Bonchev–Trinajstić information content (AvgIpc) is 2.26. The van der Waals surface area contributed by atoms with Crippen LogP contribution in [-0.4, -0.2) is 16.4 Å². The Balaban J connectivity index is 2.73. The Morgan fingerprint density at radius 2 is 2.18 bits per heavy atom. The summed E-state index contributed by atoms with van der Waals surface area (Å²) in [4.78, 5) is 21.2. The SMILES string of the molecule is CC(C)(NCc1cccc([N+](=O)[O-])c1)C(N)=O. The molecule has 0 saturated carbocycles. The topological polar surface area (TPSA) is 98.3 Å². The molecule has 0 heterocycles. The van der Waals surface area contributed by atoms with Crippen molar-refractivity contribution in [3.05, 3.63) is 39.9 Å². The summed E-state index contributed by atoms with van der Waals surface area (Å²) in [6.45, 7) is 3.66. The van der Waals surface area contributed by atoms with E-state index in [4.69, 9.17) is 5.73 Å². The summed E-state index contributed by atoms with van der Waals surface area (Å²) in [7, 11) is 0. The first kappa shape index (κ1) is 13.1. The number of hydrogen-bond acceptors (Lipinski definition) is 4. The van der Waals surface area contributed by atoms with Crippen molar-refractivity contribution in [1.29, 1.82) is 0 Å². The maximum Gasteiger partial charge on any atom is 0.269 e. The van der Waals surface area contributed by atoms with Crippen molar-refractivity contribution in [2.45, 2.75) is 25.9 Å². The van der Waals surface area contributed by atoms with E-state index in [2.05, 4.69) is 5.32 Å². The number of nitrogens with two attached hydrogens (primary N) is 1. The highest BCUT2D eigenvalue weighted by Gasteiger charge is 2.23. The van der Waals surface area contributed by atoms with Crippen molar-refractivity contribution in [1.82, 2.24) is 5.32 Å². The van der Waals surface area contributed by atoms with Crippen LogP contribution in [0.3, 0.4) is 0 Å². The fourth-order valence-corrected chi connectivity index (χ4v) is 1.19. The summed E-state index contributed by atoms with van der Waals surface area (Å²) in [5.41, 5.74) is 5.12. The van der Waals surface area contributed by atoms with E-state index in [1.165, 1.54) is 12.1 Å². The number of amides is 1.